The molecule has 1 atom stereocenters. The van der Waals surface area contributed by atoms with Gasteiger partial charge in [0.05, 0.1) is 6.61 Å². The van der Waals surface area contributed by atoms with Crippen molar-refractivity contribution in [3.8, 4) is 0 Å². The first kappa shape index (κ1) is 17.9. The second-order valence-electron chi connectivity index (χ2n) is 4.48. The Morgan fingerprint density at radius 3 is 2.40 bits per heavy atom. The Bertz CT molecular complexity index is 423. The number of carboxylic acid groups (broad SMARTS) is 1. The maximum atomic E-state index is 11.3. The zero-order valence-corrected chi connectivity index (χ0v) is 12.0. The lowest BCUT2D eigenvalue weighted by molar-refractivity contribution is -0.174. The molecule has 0 amide bonds. The van der Waals surface area contributed by atoms with Crippen molar-refractivity contribution in [1.82, 2.24) is 0 Å². The monoisotopic (exact) mass is 284 g/mol. The molecule has 112 valence electrons. The van der Waals surface area contributed by atoms with E-state index in [1.54, 1.807) is 6.92 Å². The van der Waals surface area contributed by atoms with Crippen molar-refractivity contribution in [1.29, 1.82) is 0 Å². The molecule has 6 heteroatoms. The average Bonchev–Trinajstić information content (AvgIpc) is 2.34. The Kier molecular flexibility index (Phi) is 7.28. The molecule has 1 unspecified atom stereocenters. The van der Waals surface area contributed by atoms with E-state index in [1.807, 2.05) is 0 Å². The number of aliphatic carboxylic acids is 1. The number of carbonyl (C=O) groups excluding carboxylic acids is 2. The molecule has 0 aliphatic carbocycles. The van der Waals surface area contributed by atoms with Crippen LogP contribution in [0.15, 0.2) is 24.3 Å². The summed E-state index contributed by atoms with van der Waals surface area (Å²) in [5.74, 6) is -2.51. The van der Waals surface area contributed by atoms with Crippen LogP contribution in [0, 0.1) is 0 Å². The van der Waals surface area contributed by atoms with E-state index in [0.717, 1.165) is 6.08 Å². The summed E-state index contributed by atoms with van der Waals surface area (Å²) in [4.78, 5) is 33.6. The van der Waals surface area contributed by atoms with Gasteiger partial charge in [0.15, 0.2) is 0 Å². The van der Waals surface area contributed by atoms with Crippen molar-refractivity contribution in [3.63, 3.8) is 0 Å². The van der Waals surface area contributed by atoms with Gasteiger partial charge in [-0.05, 0) is 27.2 Å². The lowest BCUT2D eigenvalue weighted by atomic mass is 10.0. The minimum atomic E-state index is -1.65. The molecule has 0 aliphatic rings. The normalized spacial score (nSPS) is 13.6. The van der Waals surface area contributed by atoms with E-state index in [-0.39, 0.29) is 25.0 Å². The van der Waals surface area contributed by atoms with Crippen LogP contribution in [0.4, 0.5) is 0 Å². The van der Waals surface area contributed by atoms with E-state index < -0.39 is 23.5 Å². The van der Waals surface area contributed by atoms with Crippen molar-refractivity contribution in [2.45, 2.75) is 39.2 Å². The van der Waals surface area contributed by atoms with Crippen molar-refractivity contribution in [2.24, 2.45) is 0 Å². The maximum absolute atomic E-state index is 11.3. The zero-order valence-electron chi connectivity index (χ0n) is 12.0. The van der Waals surface area contributed by atoms with Gasteiger partial charge in [-0.25, -0.2) is 14.4 Å². The molecule has 0 heterocycles. The predicted molar refractivity (Wildman–Crippen MR) is 72.0 cm³/mol. The summed E-state index contributed by atoms with van der Waals surface area (Å²) >= 11 is 0. The Labute approximate surface area is 118 Å². The molecule has 0 bridgehead atoms. The maximum Gasteiger partial charge on any atom is 0.347 e. The van der Waals surface area contributed by atoms with Crippen molar-refractivity contribution >= 4 is 17.9 Å². The number of hydrogen-bond donors (Lipinski definition) is 1. The van der Waals surface area contributed by atoms with Gasteiger partial charge in [0.25, 0.3) is 0 Å². The molecule has 0 aliphatic heterocycles. The summed E-state index contributed by atoms with van der Waals surface area (Å²) in [6.45, 7) is 7.90. The van der Waals surface area contributed by atoms with Crippen LogP contribution in [0.1, 0.15) is 33.6 Å². The van der Waals surface area contributed by atoms with Gasteiger partial charge < -0.3 is 14.6 Å². The molecule has 0 aromatic carbocycles. The van der Waals surface area contributed by atoms with Gasteiger partial charge in [-0.3, -0.25) is 0 Å². The first-order valence-corrected chi connectivity index (χ1v) is 6.14. The summed E-state index contributed by atoms with van der Waals surface area (Å²) in [7, 11) is 0. The van der Waals surface area contributed by atoms with Crippen LogP contribution in [0.3, 0.4) is 0 Å². The van der Waals surface area contributed by atoms with Crippen LogP contribution < -0.4 is 0 Å². The summed E-state index contributed by atoms with van der Waals surface area (Å²) in [6, 6.07) is 0. The summed E-state index contributed by atoms with van der Waals surface area (Å²) in [6.07, 6.45) is 2.89. The third-order valence-electron chi connectivity index (χ3n) is 2.46. The molecule has 0 aromatic heterocycles. The number of ether oxygens (including phenoxy) is 2. The number of carboxylic acids is 1. The van der Waals surface area contributed by atoms with Crippen LogP contribution in [-0.4, -0.2) is 35.2 Å². The number of allylic oxidation sites excluding steroid dienone is 1. The number of hydrogen-bond acceptors (Lipinski definition) is 5. The largest absolute Gasteiger partial charge is 0.478 e. The molecule has 0 saturated heterocycles. The highest BCUT2D eigenvalue weighted by atomic mass is 16.6. The molecular weight excluding hydrogens is 264 g/mol. The van der Waals surface area contributed by atoms with E-state index in [1.165, 1.54) is 19.9 Å². The lowest BCUT2D eigenvalue weighted by Gasteiger charge is -2.24. The topological polar surface area (TPSA) is 89.9 Å². The van der Waals surface area contributed by atoms with Gasteiger partial charge in [-0.2, -0.15) is 0 Å². The molecule has 6 nitrogen and oxygen atoms in total. The molecule has 1 N–H and O–H groups in total. The third kappa shape index (κ3) is 6.17. The van der Waals surface area contributed by atoms with Gasteiger partial charge >= 0.3 is 17.9 Å². The minimum Gasteiger partial charge on any atom is -0.478 e. The Balaban J connectivity index is 4.41. The minimum absolute atomic E-state index is 0.0368. The van der Waals surface area contributed by atoms with E-state index in [9.17, 15) is 14.4 Å². The fraction of sp³-hybridized carbons (Fsp3) is 0.500. The van der Waals surface area contributed by atoms with E-state index >= 15 is 0 Å². The second-order valence-corrected chi connectivity index (χ2v) is 4.48. The van der Waals surface area contributed by atoms with Gasteiger partial charge in [-0.15, -0.1) is 0 Å². The fourth-order valence-corrected chi connectivity index (χ4v) is 1.29. The van der Waals surface area contributed by atoms with Crippen molar-refractivity contribution in [3.05, 3.63) is 24.3 Å². The number of esters is 2. The third-order valence-corrected chi connectivity index (χ3v) is 2.46. The highest BCUT2D eigenvalue weighted by Gasteiger charge is 2.36. The van der Waals surface area contributed by atoms with Crippen molar-refractivity contribution < 1.29 is 29.0 Å². The van der Waals surface area contributed by atoms with Crippen LogP contribution >= 0.6 is 0 Å². The smallest absolute Gasteiger partial charge is 0.347 e. The lowest BCUT2D eigenvalue weighted by Crippen LogP contribution is -2.40. The first-order valence-electron chi connectivity index (χ1n) is 6.14. The van der Waals surface area contributed by atoms with Gasteiger partial charge in [-0.1, -0.05) is 12.7 Å². The van der Waals surface area contributed by atoms with Crippen LogP contribution in [-0.2, 0) is 23.9 Å². The standard InChI is InChI=1S/C14H20O6/c1-5-7-11(15)20-14(4,13(17)18)8-6-9-19-12(16)10(2)3/h5,7H,2,6,8-9H2,1,3-4H3,(H,17,18). The number of carbonyl (C=O) groups is 3. The van der Waals surface area contributed by atoms with E-state index in [4.69, 9.17) is 14.6 Å². The fourth-order valence-electron chi connectivity index (χ4n) is 1.29. The summed E-state index contributed by atoms with van der Waals surface area (Å²) in [5.41, 5.74) is -1.38. The van der Waals surface area contributed by atoms with E-state index in [0.29, 0.717) is 0 Å². The molecule has 0 radical (unpaired) electrons. The molecule has 0 saturated carbocycles. The van der Waals surface area contributed by atoms with Gasteiger partial charge in [0.1, 0.15) is 0 Å². The Hall–Kier alpha value is -2.11. The Morgan fingerprint density at radius 1 is 1.35 bits per heavy atom. The quantitative estimate of drug-likeness (QED) is 0.415. The van der Waals surface area contributed by atoms with Crippen LogP contribution in [0.5, 0.6) is 0 Å². The van der Waals surface area contributed by atoms with Crippen LogP contribution in [0.25, 0.3) is 0 Å². The van der Waals surface area contributed by atoms with E-state index in [2.05, 4.69) is 6.58 Å². The zero-order chi connectivity index (χ0) is 15.8. The van der Waals surface area contributed by atoms with Crippen LogP contribution in [0.2, 0.25) is 0 Å². The predicted octanol–water partition coefficient (Wildman–Crippen LogP) is 1.85. The Morgan fingerprint density at radius 2 is 1.95 bits per heavy atom. The molecule has 0 spiro atoms. The van der Waals surface area contributed by atoms with Gasteiger partial charge in [0.2, 0.25) is 5.60 Å². The summed E-state index contributed by atoms with van der Waals surface area (Å²) in [5, 5.41) is 9.12. The molecule has 0 rings (SSSR count). The van der Waals surface area contributed by atoms with Gasteiger partial charge in [0, 0.05) is 18.1 Å². The SMILES string of the molecule is C=C(C)C(=O)OCCCC(C)(OC(=O)C=CC)C(=O)O. The molecular formula is C14H20O6. The second kappa shape index (κ2) is 8.14. The highest BCUT2D eigenvalue weighted by Crippen LogP contribution is 2.19. The molecule has 0 aromatic rings. The number of rotatable bonds is 8. The summed E-state index contributed by atoms with van der Waals surface area (Å²) < 4.78 is 9.76. The first-order chi connectivity index (χ1) is 9.23. The molecule has 20 heavy (non-hydrogen) atoms. The molecule has 0 fully saturated rings. The van der Waals surface area contributed by atoms with Crippen molar-refractivity contribution in [2.75, 3.05) is 6.61 Å². The highest BCUT2D eigenvalue weighted by molar-refractivity contribution is 5.87. The average molecular weight is 284 g/mol.